The van der Waals surface area contributed by atoms with Crippen molar-refractivity contribution in [2.45, 2.75) is 13.0 Å². The van der Waals surface area contributed by atoms with E-state index in [-0.39, 0.29) is 5.56 Å². The highest BCUT2D eigenvalue weighted by atomic mass is 16.5. The number of nitrogens with zero attached hydrogens (tertiary/aromatic N) is 1. The van der Waals surface area contributed by atoms with Crippen LogP contribution in [0.15, 0.2) is 42.5 Å². The summed E-state index contributed by atoms with van der Waals surface area (Å²) in [6.45, 7) is 1.46. The van der Waals surface area contributed by atoms with Crippen molar-refractivity contribution in [1.29, 1.82) is 5.26 Å². The highest BCUT2D eigenvalue weighted by Gasteiger charge is 2.20. The largest absolute Gasteiger partial charge is 0.493 e. The summed E-state index contributed by atoms with van der Waals surface area (Å²) in [5.41, 5.74) is 1.01. The van der Waals surface area contributed by atoms with Crippen LogP contribution in [0.25, 0.3) is 0 Å². The number of carbonyl (C=O) groups is 2. The van der Waals surface area contributed by atoms with E-state index in [1.807, 2.05) is 6.07 Å². The van der Waals surface area contributed by atoms with Gasteiger partial charge in [0.1, 0.15) is 0 Å². The second-order valence-electron chi connectivity index (χ2n) is 5.30. The van der Waals surface area contributed by atoms with E-state index in [0.29, 0.717) is 22.7 Å². The molecule has 0 saturated carbocycles. The van der Waals surface area contributed by atoms with E-state index in [9.17, 15) is 9.59 Å². The second-order valence-corrected chi connectivity index (χ2v) is 5.30. The molecule has 0 bridgehead atoms. The molecule has 1 atom stereocenters. The molecule has 0 spiro atoms. The molecule has 2 aromatic rings. The molecule has 0 heterocycles. The average molecular weight is 354 g/mol. The third-order valence-corrected chi connectivity index (χ3v) is 3.53. The first-order valence-electron chi connectivity index (χ1n) is 7.72. The normalized spacial score (nSPS) is 11.0. The topological polar surface area (TPSA) is 97.6 Å². The van der Waals surface area contributed by atoms with E-state index in [0.717, 1.165) is 0 Å². The Labute approximate surface area is 151 Å². The van der Waals surface area contributed by atoms with Crippen molar-refractivity contribution < 1.29 is 23.8 Å². The molecule has 1 N–H and O–H groups in total. The van der Waals surface area contributed by atoms with Gasteiger partial charge in [-0.2, -0.15) is 5.26 Å². The molecule has 26 heavy (non-hydrogen) atoms. The van der Waals surface area contributed by atoms with E-state index >= 15 is 0 Å². The zero-order valence-electron chi connectivity index (χ0n) is 14.6. The summed E-state index contributed by atoms with van der Waals surface area (Å²) in [6, 6.07) is 12.9. The second kappa shape index (κ2) is 8.53. The fourth-order valence-electron chi connectivity index (χ4n) is 2.16. The maximum absolute atomic E-state index is 12.2. The van der Waals surface area contributed by atoms with Crippen molar-refractivity contribution in [2.75, 3.05) is 19.5 Å². The first kappa shape index (κ1) is 18.8. The molecule has 7 heteroatoms. The standard InChI is InChI=1S/C19H18N2O5/c1-12(26-19(23)14-6-4-5-13(9-14)11-20)18(22)21-15-7-8-16(24-2)17(10-15)25-3/h4-10,12H,1-3H3,(H,21,22)/t12-/m0/s1. The van der Waals surface area contributed by atoms with Gasteiger partial charge in [0.15, 0.2) is 17.6 Å². The molecule has 1 amide bonds. The van der Waals surface area contributed by atoms with Crippen LogP contribution >= 0.6 is 0 Å². The SMILES string of the molecule is COc1ccc(NC(=O)[C@H](C)OC(=O)c2cccc(C#N)c2)cc1OC. The predicted molar refractivity (Wildman–Crippen MR) is 94.2 cm³/mol. The Kier molecular flexibility index (Phi) is 6.17. The number of hydrogen-bond acceptors (Lipinski definition) is 6. The van der Waals surface area contributed by atoms with Gasteiger partial charge >= 0.3 is 5.97 Å². The number of amides is 1. The Morgan fingerprint density at radius 3 is 2.46 bits per heavy atom. The maximum Gasteiger partial charge on any atom is 0.338 e. The number of nitrogens with one attached hydrogen (secondary N) is 1. The third kappa shape index (κ3) is 4.51. The molecule has 2 rings (SSSR count). The smallest absolute Gasteiger partial charge is 0.338 e. The lowest BCUT2D eigenvalue weighted by molar-refractivity contribution is -0.123. The fourth-order valence-corrected chi connectivity index (χ4v) is 2.16. The van der Waals surface area contributed by atoms with E-state index in [1.165, 1.54) is 33.3 Å². The van der Waals surface area contributed by atoms with Gasteiger partial charge in [0.05, 0.1) is 31.4 Å². The third-order valence-electron chi connectivity index (χ3n) is 3.53. The van der Waals surface area contributed by atoms with Crippen molar-refractivity contribution in [2.24, 2.45) is 0 Å². The molecule has 2 aromatic carbocycles. The molecule has 0 unspecified atom stereocenters. The van der Waals surface area contributed by atoms with E-state index < -0.39 is 18.0 Å². The zero-order chi connectivity index (χ0) is 19.1. The quantitative estimate of drug-likeness (QED) is 0.801. The Morgan fingerprint density at radius 2 is 1.81 bits per heavy atom. The molecular formula is C19H18N2O5. The average Bonchev–Trinajstić information content (AvgIpc) is 2.67. The van der Waals surface area contributed by atoms with Gasteiger partial charge in [0, 0.05) is 11.8 Å². The van der Waals surface area contributed by atoms with Crippen LogP contribution in [0.1, 0.15) is 22.8 Å². The number of hydrogen-bond donors (Lipinski definition) is 1. The Morgan fingerprint density at radius 1 is 1.08 bits per heavy atom. The number of carbonyl (C=O) groups excluding carboxylic acids is 2. The number of ether oxygens (including phenoxy) is 3. The first-order valence-corrected chi connectivity index (χ1v) is 7.72. The Hall–Kier alpha value is -3.53. The van der Waals surface area contributed by atoms with Crippen LogP contribution in [0, 0.1) is 11.3 Å². The molecule has 0 aliphatic carbocycles. The number of benzene rings is 2. The minimum absolute atomic E-state index is 0.204. The molecule has 0 aliphatic rings. The van der Waals surface area contributed by atoms with Gasteiger partial charge in [-0.15, -0.1) is 0 Å². The Balaban J connectivity index is 2.03. The number of anilines is 1. The van der Waals surface area contributed by atoms with Crippen LogP contribution in [0.3, 0.4) is 0 Å². The summed E-state index contributed by atoms with van der Waals surface area (Å²) in [4.78, 5) is 24.4. The highest BCUT2D eigenvalue weighted by molar-refractivity contribution is 5.97. The van der Waals surface area contributed by atoms with Crippen molar-refractivity contribution in [3.05, 3.63) is 53.6 Å². The number of methoxy groups -OCH3 is 2. The summed E-state index contributed by atoms with van der Waals surface area (Å²) < 4.78 is 15.5. The van der Waals surface area contributed by atoms with Crippen LogP contribution in [0.5, 0.6) is 11.5 Å². The van der Waals surface area contributed by atoms with Crippen LogP contribution in [-0.4, -0.2) is 32.2 Å². The molecule has 0 fully saturated rings. The van der Waals surface area contributed by atoms with Gasteiger partial charge in [0.25, 0.3) is 5.91 Å². The van der Waals surface area contributed by atoms with Crippen molar-refractivity contribution in [3.63, 3.8) is 0 Å². The molecule has 0 saturated heterocycles. The van der Waals surface area contributed by atoms with Crippen molar-refractivity contribution in [1.82, 2.24) is 0 Å². The van der Waals surface area contributed by atoms with Crippen LogP contribution < -0.4 is 14.8 Å². The monoisotopic (exact) mass is 354 g/mol. The predicted octanol–water partition coefficient (Wildman–Crippen LogP) is 2.76. The van der Waals surface area contributed by atoms with Gasteiger partial charge in [0.2, 0.25) is 0 Å². The van der Waals surface area contributed by atoms with Crippen molar-refractivity contribution >= 4 is 17.6 Å². The summed E-state index contributed by atoms with van der Waals surface area (Å²) in [5, 5.41) is 11.5. The first-order chi connectivity index (χ1) is 12.5. The van der Waals surface area contributed by atoms with E-state index in [1.54, 1.807) is 30.3 Å². The molecule has 134 valence electrons. The van der Waals surface area contributed by atoms with Gasteiger partial charge in [-0.1, -0.05) is 6.07 Å². The van der Waals surface area contributed by atoms with E-state index in [2.05, 4.69) is 5.32 Å². The zero-order valence-corrected chi connectivity index (χ0v) is 14.6. The van der Waals surface area contributed by atoms with Crippen LogP contribution in [-0.2, 0) is 9.53 Å². The van der Waals surface area contributed by atoms with Gasteiger partial charge in [-0.3, -0.25) is 4.79 Å². The lowest BCUT2D eigenvalue weighted by atomic mass is 10.1. The fraction of sp³-hybridized carbons (Fsp3) is 0.211. The van der Waals surface area contributed by atoms with E-state index in [4.69, 9.17) is 19.5 Å². The van der Waals surface area contributed by atoms with Gasteiger partial charge in [-0.25, -0.2) is 4.79 Å². The summed E-state index contributed by atoms with van der Waals surface area (Å²) in [7, 11) is 3.00. The molecular weight excluding hydrogens is 336 g/mol. The highest BCUT2D eigenvalue weighted by Crippen LogP contribution is 2.29. The summed E-state index contributed by atoms with van der Waals surface area (Å²) in [6.07, 6.45) is -1.03. The number of rotatable bonds is 6. The Bertz CT molecular complexity index is 857. The minimum atomic E-state index is -1.03. The summed E-state index contributed by atoms with van der Waals surface area (Å²) >= 11 is 0. The lowest BCUT2D eigenvalue weighted by Gasteiger charge is -2.15. The van der Waals surface area contributed by atoms with Gasteiger partial charge < -0.3 is 19.5 Å². The van der Waals surface area contributed by atoms with Crippen molar-refractivity contribution in [3.8, 4) is 17.6 Å². The minimum Gasteiger partial charge on any atom is -0.493 e. The molecule has 7 nitrogen and oxygen atoms in total. The number of esters is 1. The lowest BCUT2D eigenvalue weighted by Crippen LogP contribution is -2.30. The number of nitriles is 1. The molecule has 0 aromatic heterocycles. The van der Waals surface area contributed by atoms with Crippen LogP contribution in [0.2, 0.25) is 0 Å². The van der Waals surface area contributed by atoms with Gasteiger partial charge in [-0.05, 0) is 37.3 Å². The summed E-state index contributed by atoms with van der Waals surface area (Å²) in [5.74, 6) is -0.190. The van der Waals surface area contributed by atoms with Crippen LogP contribution in [0.4, 0.5) is 5.69 Å². The molecule has 0 radical (unpaired) electrons. The molecule has 0 aliphatic heterocycles. The maximum atomic E-state index is 12.2.